The molecule has 0 spiro atoms. The Morgan fingerprint density at radius 3 is 2.60 bits per heavy atom. The number of hydrogen-bond donors (Lipinski definition) is 4. The molecule has 2 atom stereocenters. The fourth-order valence-electron chi connectivity index (χ4n) is 5.95. The zero-order chi connectivity index (χ0) is 37.3. The van der Waals surface area contributed by atoms with Gasteiger partial charge in [-0.2, -0.15) is 5.26 Å². The lowest BCUT2D eigenvalue weighted by Crippen LogP contribution is -2.52. The number of hydrogen-bond acceptors (Lipinski definition) is 11. The number of aliphatic hydroxyl groups is 2. The van der Waals surface area contributed by atoms with Crippen LogP contribution in [0.2, 0.25) is 5.02 Å². The van der Waals surface area contributed by atoms with Crippen molar-refractivity contribution in [2.24, 2.45) is 0 Å². The summed E-state index contributed by atoms with van der Waals surface area (Å²) in [7, 11) is 0. The van der Waals surface area contributed by atoms with Gasteiger partial charge in [-0.05, 0) is 80.1 Å². The molecule has 2 aromatic carbocycles. The number of nitrogens with zero attached hydrogens (tertiary/aromatic N) is 4. The zero-order valence-corrected chi connectivity index (χ0v) is 30.3. The number of carbonyl (C=O) groups is 1. The van der Waals surface area contributed by atoms with E-state index in [1.165, 1.54) is 13.1 Å². The second-order valence-electron chi connectivity index (χ2n) is 13.1. The van der Waals surface area contributed by atoms with E-state index in [1.807, 2.05) is 32.0 Å². The topological polar surface area (TPSA) is 170 Å². The van der Waals surface area contributed by atoms with Crippen LogP contribution in [-0.2, 0) is 24.6 Å². The predicted octanol–water partition coefficient (Wildman–Crippen LogP) is 5.20. The summed E-state index contributed by atoms with van der Waals surface area (Å²) in [4.78, 5) is 22.8. The molecule has 52 heavy (non-hydrogen) atoms. The molecule has 1 fully saturated rings. The van der Waals surface area contributed by atoms with Crippen LogP contribution in [0.5, 0.6) is 17.2 Å². The number of ether oxygens (including phenoxy) is 3. The first-order valence-corrected chi connectivity index (χ1v) is 17.5. The standard InChI is InChI=1S/C39H44ClN5O7/c1-25-32(31-6-4-7-35(26(31)2)50-13-5-11-45-12-9-30(47)21-45)8-10-43-34(25)23-52-37-16-36(51-22-28-14-27(17-41)18-42-19-28)29(15-33(37)40)20-44-39(3,24-46)38(48)49/h4,6-8,10,14-16,18-19,30,44,46-47H,5,9,11-13,20-24H2,1-3H3,(H,48,49)/t30-,39+/m1/s1. The number of nitriles is 1. The lowest BCUT2D eigenvalue weighted by atomic mass is 9.96. The second kappa shape index (κ2) is 17.6. The first-order chi connectivity index (χ1) is 25.0. The van der Waals surface area contributed by atoms with E-state index in [0.29, 0.717) is 40.5 Å². The van der Waals surface area contributed by atoms with Crippen LogP contribution >= 0.6 is 11.6 Å². The fraction of sp³-hybridized carbons (Fsp3) is 0.385. The Morgan fingerprint density at radius 2 is 1.87 bits per heavy atom. The number of pyridine rings is 2. The maximum atomic E-state index is 11.8. The molecule has 4 N–H and O–H groups in total. The summed E-state index contributed by atoms with van der Waals surface area (Å²) in [6.45, 7) is 8.09. The highest BCUT2D eigenvalue weighted by atomic mass is 35.5. The molecule has 1 aliphatic rings. The van der Waals surface area contributed by atoms with Crippen molar-refractivity contribution in [2.45, 2.75) is 65.0 Å². The highest BCUT2D eigenvalue weighted by molar-refractivity contribution is 6.32. The number of aliphatic hydroxyl groups excluding tert-OH is 2. The van der Waals surface area contributed by atoms with Gasteiger partial charge in [0.05, 0.1) is 35.6 Å². The second-order valence-corrected chi connectivity index (χ2v) is 13.5. The van der Waals surface area contributed by atoms with Gasteiger partial charge in [0.25, 0.3) is 0 Å². The van der Waals surface area contributed by atoms with Gasteiger partial charge in [0, 0.05) is 62.0 Å². The molecule has 13 heteroatoms. The fourth-order valence-corrected chi connectivity index (χ4v) is 6.19. The van der Waals surface area contributed by atoms with Crippen molar-refractivity contribution in [1.29, 1.82) is 5.26 Å². The van der Waals surface area contributed by atoms with Crippen molar-refractivity contribution < 1.29 is 34.3 Å². The van der Waals surface area contributed by atoms with Crippen molar-refractivity contribution >= 4 is 17.6 Å². The largest absolute Gasteiger partial charge is 0.493 e. The molecule has 0 bridgehead atoms. The number of nitrogens with one attached hydrogen (secondary N) is 1. The van der Waals surface area contributed by atoms with Gasteiger partial charge in [0.2, 0.25) is 0 Å². The molecular weight excluding hydrogens is 686 g/mol. The molecule has 2 aromatic heterocycles. The smallest absolute Gasteiger partial charge is 0.326 e. The summed E-state index contributed by atoms with van der Waals surface area (Å²) in [6, 6.07) is 15.0. The normalized spacial score (nSPS) is 15.5. The molecule has 0 saturated carbocycles. The Bertz CT molecular complexity index is 1920. The number of likely N-dealkylation sites (tertiary alicyclic amines) is 1. The maximum Gasteiger partial charge on any atom is 0.326 e. The van der Waals surface area contributed by atoms with Crippen LogP contribution < -0.4 is 19.5 Å². The number of rotatable bonds is 17. The number of carboxylic acids is 1. The van der Waals surface area contributed by atoms with Gasteiger partial charge in [-0.25, -0.2) is 0 Å². The van der Waals surface area contributed by atoms with Gasteiger partial charge in [-0.3, -0.25) is 20.1 Å². The number of β-amino-alcohol motifs (C(OH)–C–C–N with tert-alkyl or cyclic N) is 1. The summed E-state index contributed by atoms with van der Waals surface area (Å²) in [5.74, 6) is 0.301. The Morgan fingerprint density at radius 1 is 1.08 bits per heavy atom. The minimum absolute atomic E-state index is 0.0165. The van der Waals surface area contributed by atoms with Crippen LogP contribution in [0.1, 0.15) is 53.3 Å². The molecule has 0 unspecified atom stereocenters. The molecule has 3 heterocycles. The van der Waals surface area contributed by atoms with E-state index < -0.39 is 18.1 Å². The summed E-state index contributed by atoms with van der Waals surface area (Å²) < 4.78 is 18.6. The third-order valence-corrected chi connectivity index (χ3v) is 9.56. The van der Waals surface area contributed by atoms with Gasteiger partial charge in [-0.15, -0.1) is 0 Å². The monoisotopic (exact) mass is 729 g/mol. The van der Waals surface area contributed by atoms with Gasteiger partial charge in [0.1, 0.15) is 42.1 Å². The van der Waals surface area contributed by atoms with Gasteiger partial charge in [-0.1, -0.05) is 23.7 Å². The molecule has 0 amide bonds. The van der Waals surface area contributed by atoms with E-state index >= 15 is 0 Å². The minimum atomic E-state index is -1.60. The Labute approximate surface area is 308 Å². The molecule has 0 radical (unpaired) electrons. The molecule has 0 aliphatic carbocycles. The number of aromatic nitrogens is 2. The van der Waals surface area contributed by atoms with E-state index in [-0.39, 0.29) is 30.9 Å². The van der Waals surface area contributed by atoms with Gasteiger partial charge in [0.15, 0.2) is 0 Å². The lowest BCUT2D eigenvalue weighted by Gasteiger charge is -2.25. The van der Waals surface area contributed by atoms with E-state index in [0.717, 1.165) is 60.5 Å². The minimum Gasteiger partial charge on any atom is -0.493 e. The van der Waals surface area contributed by atoms with Crippen molar-refractivity contribution in [2.75, 3.05) is 32.8 Å². The van der Waals surface area contributed by atoms with E-state index in [4.69, 9.17) is 25.8 Å². The van der Waals surface area contributed by atoms with Crippen LogP contribution in [0.15, 0.2) is 61.1 Å². The van der Waals surface area contributed by atoms with Gasteiger partial charge >= 0.3 is 5.97 Å². The zero-order valence-electron chi connectivity index (χ0n) is 29.6. The number of benzene rings is 2. The molecule has 1 aliphatic heterocycles. The third kappa shape index (κ3) is 9.56. The number of aliphatic carboxylic acids is 1. The Balaban J connectivity index is 1.32. The number of carboxylic acid groups (broad SMARTS) is 1. The molecule has 4 aromatic rings. The first-order valence-electron chi connectivity index (χ1n) is 17.1. The Kier molecular flexibility index (Phi) is 13.0. The van der Waals surface area contributed by atoms with Crippen LogP contribution in [0.3, 0.4) is 0 Å². The van der Waals surface area contributed by atoms with E-state index in [9.17, 15) is 25.4 Å². The molecular formula is C39H44ClN5O7. The summed E-state index contributed by atoms with van der Waals surface area (Å²) in [6.07, 6.45) is 6.26. The molecule has 12 nitrogen and oxygen atoms in total. The van der Waals surface area contributed by atoms with Crippen LogP contribution in [0, 0.1) is 25.2 Å². The van der Waals surface area contributed by atoms with Crippen molar-refractivity contribution in [1.82, 2.24) is 20.2 Å². The van der Waals surface area contributed by atoms with Crippen LogP contribution in [-0.4, -0.2) is 80.6 Å². The number of halogens is 1. The van der Waals surface area contributed by atoms with Crippen molar-refractivity contribution in [3.63, 3.8) is 0 Å². The molecule has 274 valence electrons. The van der Waals surface area contributed by atoms with Crippen molar-refractivity contribution in [3.05, 3.63) is 99.6 Å². The van der Waals surface area contributed by atoms with E-state index in [2.05, 4.69) is 32.3 Å². The maximum absolute atomic E-state index is 11.8. The first kappa shape index (κ1) is 38.5. The highest BCUT2D eigenvalue weighted by Gasteiger charge is 2.32. The third-order valence-electron chi connectivity index (χ3n) is 9.26. The van der Waals surface area contributed by atoms with Gasteiger partial charge < -0.3 is 34.4 Å². The summed E-state index contributed by atoms with van der Waals surface area (Å²) in [5, 5.41) is 41.6. The average Bonchev–Trinajstić information content (AvgIpc) is 3.57. The van der Waals surface area contributed by atoms with E-state index in [1.54, 1.807) is 30.6 Å². The summed E-state index contributed by atoms with van der Waals surface area (Å²) >= 11 is 6.70. The summed E-state index contributed by atoms with van der Waals surface area (Å²) in [5.41, 5.74) is 4.67. The Hall–Kier alpha value is -4.77. The SMILES string of the molecule is Cc1c(OCCCN2CC[C@@H](O)C2)cccc1-c1ccnc(COc2cc(OCc3cncc(C#N)c3)c(CN[C@@](C)(CO)C(=O)O)cc2Cl)c1C. The lowest BCUT2D eigenvalue weighted by molar-refractivity contribution is -0.145. The highest BCUT2D eigenvalue weighted by Crippen LogP contribution is 2.36. The molecule has 5 rings (SSSR count). The quantitative estimate of drug-likeness (QED) is 0.105. The molecule has 1 saturated heterocycles. The van der Waals surface area contributed by atoms with Crippen LogP contribution in [0.4, 0.5) is 0 Å². The van der Waals surface area contributed by atoms with Crippen molar-refractivity contribution in [3.8, 4) is 34.4 Å². The van der Waals surface area contributed by atoms with Crippen LogP contribution in [0.25, 0.3) is 11.1 Å². The average molecular weight is 730 g/mol. The predicted molar refractivity (Wildman–Crippen MR) is 195 cm³/mol.